The molecule has 0 spiro atoms. The molecule has 0 bridgehead atoms. The quantitative estimate of drug-likeness (QED) is 0.162. The Labute approximate surface area is 205 Å². The average molecular weight is 533 g/mol. The molecule has 4 aromatic rings. The maximum atomic E-state index is 2.32. The molecule has 0 saturated heterocycles. The van der Waals surface area contributed by atoms with Gasteiger partial charge in [-0.1, -0.05) is 72.8 Å². The van der Waals surface area contributed by atoms with Crippen LogP contribution in [0.15, 0.2) is 121 Å². The first-order chi connectivity index (χ1) is 13.4. The summed E-state index contributed by atoms with van der Waals surface area (Å²) in [7, 11) is -1.69. The predicted molar refractivity (Wildman–Crippen MR) is 145 cm³/mol. The van der Waals surface area contributed by atoms with Crippen molar-refractivity contribution in [3.63, 3.8) is 0 Å². The standard InChI is InChI=1S/C25H22P2.3CH3.Ru/c1-5-13-22(14-6-1)26(23-15-7-2-8-16-23)21-27(24-17-9-3-10-18-24)25-19-11-4-12-20-25;;;;/h1-20H,21H2;3*1H3;/q;3*-1;+3/p+2. The van der Waals surface area contributed by atoms with Gasteiger partial charge in [0.1, 0.15) is 37.1 Å². The van der Waals surface area contributed by atoms with Crippen LogP contribution in [0.5, 0.6) is 0 Å². The molecule has 4 aromatic carbocycles. The van der Waals surface area contributed by atoms with Crippen molar-refractivity contribution in [2.45, 2.75) is 0 Å². The van der Waals surface area contributed by atoms with Gasteiger partial charge in [0.2, 0.25) is 0 Å². The topological polar surface area (TPSA) is 0 Å². The molecular weight excluding hydrogens is 499 g/mol. The second-order valence-corrected chi connectivity index (χ2v) is 12.2. The van der Waals surface area contributed by atoms with Crippen molar-refractivity contribution in [1.29, 1.82) is 0 Å². The summed E-state index contributed by atoms with van der Waals surface area (Å²) < 4.78 is 0. The van der Waals surface area contributed by atoms with Crippen molar-refractivity contribution in [3.8, 4) is 0 Å². The van der Waals surface area contributed by atoms with E-state index in [1.165, 1.54) is 27.1 Å². The Morgan fingerprint density at radius 1 is 0.355 bits per heavy atom. The molecule has 3 heteroatoms. The van der Waals surface area contributed by atoms with Crippen LogP contribution in [-0.2, 0) is 19.5 Å². The van der Waals surface area contributed by atoms with E-state index < -0.39 is 15.8 Å². The van der Waals surface area contributed by atoms with Gasteiger partial charge in [-0.05, 0) is 48.5 Å². The first-order valence-corrected chi connectivity index (χ1v) is 12.8. The molecule has 0 unspecified atom stereocenters. The van der Waals surface area contributed by atoms with Crippen molar-refractivity contribution >= 4 is 37.1 Å². The first kappa shape index (κ1) is 29.4. The molecule has 0 heterocycles. The average Bonchev–Trinajstić information content (AvgIpc) is 2.77. The van der Waals surface area contributed by atoms with E-state index in [-0.39, 0.29) is 41.8 Å². The Balaban J connectivity index is 0.00000225. The molecule has 0 aliphatic rings. The van der Waals surface area contributed by atoms with Gasteiger partial charge in [0.25, 0.3) is 0 Å². The van der Waals surface area contributed by atoms with Crippen LogP contribution in [0.3, 0.4) is 0 Å². The van der Waals surface area contributed by atoms with Gasteiger partial charge in [-0.2, -0.15) is 0 Å². The second kappa shape index (κ2) is 15.2. The molecule has 0 amide bonds. The van der Waals surface area contributed by atoms with Crippen LogP contribution in [0.1, 0.15) is 0 Å². The van der Waals surface area contributed by atoms with Crippen molar-refractivity contribution < 1.29 is 19.5 Å². The third-order valence-electron chi connectivity index (χ3n) is 4.84. The van der Waals surface area contributed by atoms with Gasteiger partial charge in [0, 0.05) is 0 Å². The third-order valence-corrected chi connectivity index (χ3v) is 11.8. The maximum Gasteiger partial charge on any atom is 3.00 e. The minimum absolute atomic E-state index is 0. The first-order valence-electron chi connectivity index (χ1n) is 9.35. The van der Waals surface area contributed by atoms with Gasteiger partial charge in [0.15, 0.2) is 5.90 Å². The zero-order valence-corrected chi connectivity index (χ0v) is 22.3. The van der Waals surface area contributed by atoms with Crippen molar-refractivity contribution in [2.75, 3.05) is 5.90 Å². The van der Waals surface area contributed by atoms with Gasteiger partial charge in [-0.3, -0.25) is 0 Å². The molecule has 161 valence electrons. The minimum atomic E-state index is -0.847. The summed E-state index contributed by atoms with van der Waals surface area (Å²) in [6.45, 7) is 0. The van der Waals surface area contributed by atoms with E-state index in [9.17, 15) is 0 Å². The Kier molecular flexibility index (Phi) is 14.4. The smallest absolute Gasteiger partial charge is 0.358 e. The molecule has 0 atom stereocenters. The van der Waals surface area contributed by atoms with E-state index in [4.69, 9.17) is 0 Å². The number of hydrogen-bond donors (Lipinski definition) is 0. The monoisotopic (exact) mass is 533 g/mol. The van der Waals surface area contributed by atoms with Crippen LogP contribution in [0, 0.1) is 22.3 Å². The van der Waals surface area contributed by atoms with E-state index in [2.05, 4.69) is 121 Å². The SMILES string of the molecule is [CH3-].[CH3-].[CH3-].[Ru+3].c1ccc([PH+](C[PH+](c2ccccc2)c2ccccc2)c2ccccc2)cc1. The summed E-state index contributed by atoms with van der Waals surface area (Å²) in [4.78, 5) is 0. The van der Waals surface area contributed by atoms with Gasteiger partial charge < -0.3 is 22.3 Å². The fourth-order valence-corrected chi connectivity index (χ4v) is 11.2. The summed E-state index contributed by atoms with van der Waals surface area (Å²) in [5.41, 5.74) is 0. The molecule has 0 aromatic heterocycles. The van der Waals surface area contributed by atoms with E-state index in [1.807, 2.05) is 0 Å². The predicted octanol–water partition coefficient (Wildman–Crippen LogP) is 6.02. The van der Waals surface area contributed by atoms with E-state index in [0.29, 0.717) is 0 Å². The fraction of sp³-hybridized carbons (Fsp3) is 0.0357. The molecule has 1 radical (unpaired) electrons. The third kappa shape index (κ3) is 7.77. The molecule has 0 N–H and O–H groups in total. The van der Waals surface area contributed by atoms with Crippen LogP contribution in [0.25, 0.3) is 0 Å². The van der Waals surface area contributed by atoms with E-state index in [1.54, 1.807) is 0 Å². The number of hydrogen-bond acceptors (Lipinski definition) is 0. The summed E-state index contributed by atoms with van der Waals surface area (Å²) in [6.07, 6.45) is 0. The Morgan fingerprint density at radius 3 is 0.742 bits per heavy atom. The van der Waals surface area contributed by atoms with E-state index >= 15 is 0 Å². The molecule has 0 aliphatic heterocycles. The zero-order chi connectivity index (χ0) is 18.3. The summed E-state index contributed by atoms with van der Waals surface area (Å²) in [5.74, 6) is 1.25. The van der Waals surface area contributed by atoms with E-state index in [0.717, 1.165) is 0 Å². The van der Waals surface area contributed by atoms with Crippen molar-refractivity contribution in [1.82, 2.24) is 0 Å². The van der Waals surface area contributed by atoms with Crippen LogP contribution >= 0.6 is 15.8 Å². The minimum Gasteiger partial charge on any atom is -0.358 e. The number of benzene rings is 4. The molecule has 4 rings (SSSR count). The van der Waals surface area contributed by atoms with Crippen LogP contribution in [-0.4, -0.2) is 5.90 Å². The Morgan fingerprint density at radius 2 is 0.548 bits per heavy atom. The maximum absolute atomic E-state index is 2.32. The molecular formula is C28H33P2Ru+2. The molecule has 0 fully saturated rings. The Bertz CT molecular complexity index is 785. The number of rotatable bonds is 6. The van der Waals surface area contributed by atoms with Gasteiger partial charge in [-0.25, -0.2) is 0 Å². The van der Waals surface area contributed by atoms with Crippen LogP contribution in [0.2, 0.25) is 0 Å². The van der Waals surface area contributed by atoms with Crippen molar-refractivity contribution in [2.24, 2.45) is 0 Å². The normalized spacial score (nSPS) is 9.61. The van der Waals surface area contributed by atoms with Crippen LogP contribution in [0.4, 0.5) is 0 Å². The molecule has 0 aliphatic carbocycles. The van der Waals surface area contributed by atoms with Gasteiger partial charge in [-0.15, -0.1) is 0 Å². The van der Waals surface area contributed by atoms with Gasteiger partial charge in [0.05, 0.1) is 0 Å². The summed E-state index contributed by atoms with van der Waals surface area (Å²) in [5, 5.41) is 6.01. The molecule has 31 heavy (non-hydrogen) atoms. The molecule has 0 nitrogen and oxygen atoms in total. The summed E-state index contributed by atoms with van der Waals surface area (Å²) >= 11 is 0. The van der Waals surface area contributed by atoms with Gasteiger partial charge >= 0.3 is 19.5 Å². The second-order valence-electron chi connectivity index (χ2n) is 6.60. The Hall–Kier alpha value is -1.64. The fourth-order valence-electron chi connectivity index (χ4n) is 3.48. The molecule has 0 saturated carbocycles. The van der Waals surface area contributed by atoms with Crippen molar-refractivity contribution in [3.05, 3.63) is 144 Å². The zero-order valence-electron chi connectivity index (χ0n) is 18.6. The summed E-state index contributed by atoms with van der Waals surface area (Å²) in [6, 6.07) is 44.5. The van der Waals surface area contributed by atoms with Crippen LogP contribution < -0.4 is 21.2 Å². The largest absolute Gasteiger partial charge is 3.00 e.